The third-order valence-corrected chi connectivity index (χ3v) is 14.0. The summed E-state index contributed by atoms with van der Waals surface area (Å²) in [6, 6.07) is 50.3. The van der Waals surface area contributed by atoms with Crippen LogP contribution >= 0.6 is 39.1 Å². The van der Waals surface area contributed by atoms with Gasteiger partial charge >= 0.3 is 0 Å². The van der Waals surface area contributed by atoms with Crippen molar-refractivity contribution in [2.75, 3.05) is 0 Å². The summed E-state index contributed by atoms with van der Waals surface area (Å²) in [4.78, 5) is 9.03. The van der Waals surface area contributed by atoms with Crippen molar-refractivity contribution in [3.05, 3.63) is 213 Å². The van der Waals surface area contributed by atoms with Gasteiger partial charge in [-0.25, -0.2) is 34.7 Å². The molecule has 8 nitrogen and oxygen atoms in total. The molecule has 308 valence electrons. The summed E-state index contributed by atoms with van der Waals surface area (Å²) in [5, 5.41) is 3.74. The number of nitrogens with zero attached hydrogens (tertiary/aromatic N) is 4. The maximum atomic E-state index is 13.5. The Hall–Kier alpha value is -6.70. The molecule has 10 rings (SSSR count). The lowest BCUT2D eigenvalue weighted by Crippen LogP contribution is -2.13. The summed E-state index contributed by atoms with van der Waals surface area (Å²) >= 11 is 15.7. The number of aromatic nitrogens is 4. The molecule has 0 atom stereocenters. The molecular weight excluding hydrogens is 936 g/mol. The zero-order valence-corrected chi connectivity index (χ0v) is 37.5. The zero-order chi connectivity index (χ0) is 44.1. The molecule has 0 aliphatic carbocycles. The van der Waals surface area contributed by atoms with Crippen molar-refractivity contribution in [3.8, 4) is 24.2 Å². The number of hydrogen-bond acceptors (Lipinski definition) is 6. The molecule has 10 aromatic rings. The Bertz CT molecular complexity index is 3590. The molecule has 0 fully saturated rings. The Morgan fingerprint density at radius 3 is 1.35 bits per heavy atom. The van der Waals surface area contributed by atoms with Gasteiger partial charge in [0.25, 0.3) is 20.0 Å². The van der Waals surface area contributed by atoms with Crippen LogP contribution in [0.3, 0.4) is 0 Å². The number of fused-ring (bicyclic) bond motifs is 6. The van der Waals surface area contributed by atoms with Crippen molar-refractivity contribution in [3.63, 3.8) is 0 Å². The van der Waals surface area contributed by atoms with E-state index in [-0.39, 0.29) is 9.79 Å². The van der Waals surface area contributed by atoms with E-state index in [0.29, 0.717) is 43.1 Å². The molecule has 63 heavy (non-hydrogen) atoms. The van der Waals surface area contributed by atoms with Crippen LogP contribution in [0.4, 0.5) is 0 Å². The molecule has 0 saturated carbocycles. The molecule has 13 heteroatoms. The van der Waals surface area contributed by atoms with E-state index >= 15 is 0 Å². The van der Waals surface area contributed by atoms with E-state index in [2.05, 4.69) is 43.7 Å². The van der Waals surface area contributed by atoms with Crippen molar-refractivity contribution in [2.45, 2.75) is 9.79 Å². The van der Waals surface area contributed by atoms with Gasteiger partial charge in [-0.05, 0) is 97.1 Å². The fourth-order valence-electron chi connectivity index (χ4n) is 6.80. The summed E-state index contributed by atoms with van der Waals surface area (Å²) in [7, 11) is -7.63. The first-order chi connectivity index (χ1) is 30.4. The first-order valence-corrected chi connectivity index (χ1v) is 23.4. The standard InChI is InChI=1S/C25H15ClN2O2S.C17H10BrClN2O2S.C8H6/c26-20-16-23-22-15-19(12-11-18-7-3-1-4-8-18)13-14-24(22)28(25(23)27-17-20)31(29,30)21-9-5-2-6-10-21;18-11-6-7-16-14(8-11)15-9-12(19)10-20-17(15)21(16)24(22,23)13-4-2-1-3-5-13;1-2-8-6-4-3-5-7-8/h1-10,13-17H;1-10H;1,3-7H. The molecular formula is C50H31BrCl2N4O4S2. The molecule has 0 N–H and O–H groups in total. The van der Waals surface area contributed by atoms with E-state index in [1.807, 2.05) is 78.9 Å². The molecule has 0 radical (unpaired) electrons. The van der Waals surface area contributed by atoms with Crippen LogP contribution in [0.2, 0.25) is 10.0 Å². The largest absolute Gasteiger partial charge is 0.269 e. The Labute approximate surface area is 382 Å². The molecule has 0 spiro atoms. The minimum atomic E-state index is -3.85. The molecule has 4 heterocycles. The highest BCUT2D eigenvalue weighted by Gasteiger charge is 2.26. The summed E-state index contributed by atoms with van der Waals surface area (Å²) in [6.07, 6.45) is 8.01. The number of hydrogen-bond donors (Lipinski definition) is 0. The number of halogens is 3. The Balaban J connectivity index is 0.000000150. The third kappa shape index (κ3) is 8.98. The summed E-state index contributed by atoms with van der Waals surface area (Å²) in [5.41, 5.74) is 4.39. The van der Waals surface area contributed by atoms with Gasteiger partial charge in [-0.2, -0.15) is 0 Å². The van der Waals surface area contributed by atoms with Crippen LogP contribution in [-0.4, -0.2) is 34.7 Å². The van der Waals surface area contributed by atoms with Gasteiger partial charge in [-0.3, -0.25) is 0 Å². The lowest BCUT2D eigenvalue weighted by molar-refractivity contribution is 0.588. The van der Waals surface area contributed by atoms with E-state index < -0.39 is 20.0 Å². The topological polar surface area (TPSA) is 104 Å². The second-order valence-electron chi connectivity index (χ2n) is 13.7. The van der Waals surface area contributed by atoms with E-state index in [0.717, 1.165) is 31.9 Å². The van der Waals surface area contributed by atoms with Gasteiger partial charge in [0.15, 0.2) is 11.3 Å². The van der Waals surface area contributed by atoms with Crippen molar-refractivity contribution in [1.82, 2.24) is 17.9 Å². The highest BCUT2D eigenvalue weighted by atomic mass is 79.9. The van der Waals surface area contributed by atoms with Crippen LogP contribution < -0.4 is 0 Å². The molecule has 0 amide bonds. The average molecular weight is 967 g/mol. The maximum Gasteiger partial charge on any atom is 0.269 e. The van der Waals surface area contributed by atoms with Gasteiger partial charge in [0.2, 0.25) is 0 Å². The van der Waals surface area contributed by atoms with Crippen LogP contribution in [0.15, 0.2) is 197 Å². The van der Waals surface area contributed by atoms with Crippen LogP contribution in [0.1, 0.15) is 16.7 Å². The number of rotatable bonds is 4. The normalized spacial score (nSPS) is 11.2. The lowest BCUT2D eigenvalue weighted by Gasteiger charge is -2.08. The predicted octanol–water partition coefficient (Wildman–Crippen LogP) is 12.0. The second-order valence-corrected chi connectivity index (χ2v) is 19.1. The van der Waals surface area contributed by atoms with Crippen molar-refractivity contribution in [2.24, 2.45) is 0 Å². The molecule has 0 bridgehead atoms. The Kier molecular flexibility index (Phi) is 12.5. The van der Waals surface area contributed by atoms with Crippen molar-refractivity contribution >= 4 is 103 Å². The predicted molar refractivity (Wildman–Crippen MR) is 257 cm³/mol. The quantitative estimate of drug-likeness (QED) is 0.163. The smallest absolute Gasteiger partial charge is 0.236 e. The van der Waals surface area contributed by atoms with Crippen LogP contribution in [0, 0.1) is 24.2 Å². The van der Waals surface area contributed by atoms with Crippen molar-refractivity contribution < 1.29 is 16.8 Å². The zero-order valence-electron chi connectivity index (χ0n) is 32.8. The molecule has 6 aromatic carbocycles. The molecule has 0 aliphatic rings. The minimum Gasteiger partial charge on any atom is -0.236 e. The van der Waals surface area contributed by atoms with Gasteiger partial charge in [0.05, 0.1) is 30.9 Å². The molecule has 0 saturated heterocycles. The Morgan fingerprint density at radius 2 is 0.889 bits per heavy atom. The minimum absolute atomic E-state index is 0.193. The van der Waals surface area contributed by atoms with Crippen molar-refractivity contribution in [1.29, 1.82) is 0 Å². The van der Waals surface area contributed by atoms with Gasteiger partial charge in [0, 0.05) is 55.1 Å². The first-order valence-electron chi connectivity index (χ1n) is 19.0. The molecule has 0 unspecified atom stereocenters. The summed E-state index contributed by atoms with van der Waals surface area (Å²) in [6.45, 7) is 0. The number of terminal acetylenes is 1. The van der Waals surface area contributed by atoms with E-state index in [4.69, 9.17) is 29.6 Å². The van der Waals surface area contributed by atoms with Gasteiger partial charge in [0.1, 0.15) is 0 Å². The average Bonchev–Trinajstić information content (AvgIpc) is 3.82. The first kappa shape index (κ1) is 43.0. The van der Waals surface area contributed by atoms with E-state index in [1.165, 1.54) is 20.3 Å². The summed E-state index contributed by atoms with van der Waals surface area (Å²) in [5.74, 6) is 8.81. The van der Waals surface area contributed by atoms with Gasteiger partial charge in [-0.15, -0.1) is 6.42 Å². The SMILES string of the molecule is C#Cc1ccccc1.O=S(=O)(c1ccccc1)n1c2ccc(Br)cc2c2cc(Cl)cnc21.O=S(=O)(c1ccccc1)n1c2ccc(C#Cc3ccccc3)cc2c2cc(Cl)cnc21. The van der Waals surface area contributed by atoms with Crippen LogP contribution in [-0.2, 0) is 20.0 Å². The summed E-state index contributed by atoms with van der Waals surface area (Å²) < 4.78 is 56.7. The van der Waals surface area contributed by atoms with Gasteiger partial charge in [-0.1, -0.05) is 130 Å². The Morgan fingerprint density at radius 1 is 0.476 bits per heavy atom. The number of benzene rings is 6. The fourth-order valence-corrected chi connectivity index (χ4v) is 10.5. The second kappa shape index (κ2) is 18.3. The maximum absolute atomic E-state index is 13.5. The molecule has 4 aromatic heterocycles. The lowest BCUT2D eigenvalue weighted by atomic mass is 10.1. The third-order valence-electron chi connectivity index (χ3n) is 9.65. The molecule has 0 aliphatic heterocycles. The highest BCUT2D eigenvalue weighted by molar-refractivity contribution is 9.10. The van der Waals surface area contributed by atoms with Crippen LogP contribution in [0.5, 0.6) is 0 Å². The number of pyridine rings is 2. The fraction of sp³-hybridized carbons (Fsp3) is 0. The van der Waals surface area contributed by atoms with Gasteiger partial charge < -0.3 is 0 Å². The monoisotopic (exact) mass is 964 g/mol. The van der Waals surface area contributed by atoms with E-state index in [1.54, 1.807) is 91.0 Å². The van der Waals surface area contributed by atoms with Crippen LogP contribution in [0.25, 0.3) is 43.9 Å². The van der Waals surface area contributed by atoms with E-state index in [9.17, 15) is 16.8 Å². The highest BCUT2D eigenvalue weighted by Crippen LogP contribution is 2.35.